The predicted molar refractivity (Wildman–Crippen MR) is 56.3 cm³/mol. The van der Waals surface area contributed by atoms with Crippen LogP contribution in [0.4, 0.5) is 0 Å². The molecule has 3 nitrogen and oxygen atoms in total. The fourth-order valence-electron chi connectivity index (χ4n) is 1.37. The van der Waals surface area contributed by atoms with E-state index in [0.717, 1.165) is 10.8 Å². The summed E-state index contributed by atoms with van der Waals surface area (Å²) in [6, 6.07) is 13.3. The second-order valence-corrected chi connectivity index (χ2v) is 3.14. The van der Waals surface area contributed by atoms with Gasteiger partial charge < -0.3 is 0 Å². The highest BCUT2D eigenvalue weighted by Crippen LogP contribution is 2.25. The van der Waals surface area contributed by atoms with Gasteiger partial charge in [0, 0.05) is 12.3 Å². The zero-order valence-corrected chi connectivity index (χ0v) is 8.27. The van der Waals surface area contributed by atoms with Crippen LogP contribution in [0.5, 0.6) is 5.75 Å². The molecule has 0 N–H and O–H groups in total. The molecule has 0 heterocycles. The van der Waals surface area contributed by atoms with E-state index in [4.69, 9.17) is 4.89 Å². The average molecular weight is 202 g/mol. The molecule has 76 valence electrons. The molecule has 0 bridgehead atoms. The van der Waals surface area contributed by atoms with Crippen LogP contribution in [0.1, 0.15) is 6.92 Å². The molecule has 2 aromatic rings. The van der Waals surface area contributed by atoms with Gasteiger partial charge in [0.25, 0.3) is 0 Å². The van der Waals surface area contributed by atoms with Crippen LogP contribution in [0.25, 0.3) is 10.8 Å². The van der Waals surface area contributed by atoms with Gasteiger partial charge >= 0.3 is 5.97 Å². The third kappa shape index (κ3) is 2.07. The third-order valence-electron chi connectivity index (χ3n) is 2.00. The molecule has 0 unspecified atom stereocenters. The molecular formula is C12H10O3. The van der Waals surface area contributed by atoms with Crippen molar-refractivity contribution in [2.75, 3.05) is 0 Å². The zero-order chi connectivity index (χ0) is 10.7. The van der Waals surface area contributed by atoms with Crippen molar-refractivity contribution in [1.82, 2.24) is 0 Å². The molecule has 0 aliphatic heterocycles. The van der Waals surface area contributed by atoms with Crippen LogP contribution < -0.4 is 4.89 Å². The van der Waals surface area contributed by atoms with Gasteiger partial charge in [-0.25, -0.2) is 4.79 Å². The summed E-state index contributed by atoms with van der Waals surface area (Å²) in [4.78, 5) is 20.0. The van der Waals surface area contributed by atoms with Crippen LogP contribution in [-0.4, -0.2) is 5.97 Å². The Morgan fingerprint density at radius 1 is 1.07 bits per heavy atom. The molecule has 2 aromatic carbocycles. The number of hydrogen-bond acceptors (Lipinski definition) is 3. The van der Waals surface area contributed by atoms with E-state index in [-0.39, 0.29) is 0 Å². The maximum absolute atomic E-state index is 10.6. The Balaban J connectivity index is 2.38. The lowest BCUT2D eigenvalue weighted by Gasteiger charge is -2.05. The number of carbonyl (C=O) groups excluding carboxylic acids is 1. The number of carbonyl (C=O) groups is 1. The molecule has 15 heavy (non-hydrogen) atoms. The number of benzene rings is 2. The smallest absolute Gasteiger partial charge is 0.286 e. The first-order valence-electron chi connectivity index (χ1n) is 4.60. The van der Waals surface area contributed by atoms with E-state index in [2.05, 4.69) is 4.89 Å². The molecular weight excluding hydrogens is 192 g/mol. The van der Waals surface area contributed by atoms with Crippen LogP contribution in [0, 0.1) is 0 Å². The van der Waals surface area contributed by atoms with Gasteiger partial charge in [0.15, 0.2) is 5.75 Å². The summed E-state index contributed by atoms with van der Waals surface area (Å²) in [5.41, 5.74) is 0. The van der Waals surface area contributed by atoms with Crippen molar-refractivity contribution in [1.29, 1.82) is 0 Å². The molecule has 0 aliphatic carbocycles. The Kier molecular flexibility index (Phi) is 2.54. The molecule has 0 spiro atoms. The van der Waals surface area contributed by atoms with Gasteiger partial charge in [-0.05, 0) is 11.5 Å². The van der Waals surface area contributed by atoms with Gasteiger partial charge in [0.2, 0.25) is 0 Å². The van der Waals surface area contributed by atoms with Gasteiger partial charge in [-0.2, -0.15) is 0 Å². The van der Waals surface area contributed by atoms with Gasteiger partial charge in [0.05, 0.1) is 0 Å². The predicted octanol–water partition coefficient (Wildman–Crippen LogP) is 2.70. The normalized spacial score (nSPS) is 9.93. The summed E-state index contributed by atoms with van der Waals surface area (Å²) in [5.74, 6) is 0.0752. The first-order valence-corrected chi connectivity index (χ1v) is 4.60. The quantitative estimate of drug-likeness (QED) is 0.554. The molecule has 2 rings (SSSR count). The average Bonchev–Trinajstić information content (AvgIpc) is 2.26. The van der Waals surface area contributed by atoms with Gasteiger partial charge in [-0.1, -0.05) is 36.4 Å². The van der Waals surface area contributed by atoms with E-state index in [1.165, 1.54) is 6.92 Å². The maximum Gasteiger partial charge on any atom is 0.352 e. The van der Waals surface area contributed by atoms with Crippen molar-refractivity contribution >= 4 is 16.7 Å². The van der Waals surface area contributed by atoms with Gasteiger partial charge in [0.1, 0.15) is 0 Å². The van der Waals surface area contributed by atoms with E-state index in [1.54, 1.807) is 6.07 Å². The summed E-state index contributed by atoms with van der Waals surface area (Å²) in [6.07, 6.45) is 0. The summed E-state index contributed by atoms with van der Waals surface area (Å²) >= 11 is 0. The Morgan fingerprint density at radius 3 is 2.60 bits per heavy atom. The van der Waals surface area contributed by atoms with Crippen molar-refractivity contribution in [3.8, 4) is 5.75 Å². The lowest BCUT2D eigenvalue weighted by Crippen LogP contribution is -2.02. The topological polar surface area (TPSA) is 35.5 Å². The van der Waals surface area contributed by atoms with Crippen molar-refractivity contribution in [3.63, 3.8) is 0 Å². The summed E-state index contributed by atoms with van der Waals surface area (Å²) in [7, 11) is 0. The zero-order valence-electron chi connectivity index (χ0n) is 8.27. The van der Waals surface area contributed by atoms with Crippen LogP contribution in [0.3, 0.4) is 0 Å². The standard InChI is InChI=1S/C12H10O3/c1-9(13)14-15-12-8-4-6-10-5-2-3-7-11(10)12/h2-8H,1H3. The molecule has 0 saturated carbocycles. The molecule has 0 aromatic heterocycles. The summed E-state index contributed by atoms with van der Waals surface area (Å²) in [6.45, 7) is 1.30. The monoisotopic (exact) mass is 202 g/mol. The van der Waals surface area contributed by atoms with Crippen molar-refractivity contribution in [2.24, 2.45) is 0 Å². The molecule has 0 aliphatic rings. The minimum Gasteiger partial charge on any atom is -0.286 e. The van der Waals surface area contributed by atoms with Crippen LogP contribution >= 0.6 is 0 Å². The fraction of sp³-hybridized carbons (Fsp3) is 0.0833. The molecule has 0 atom stereocenters. The van der Waals surface area contributed by atoms with Crippen molar-refractivity contribution in [2.45, 2.75) is 6.92 Å². The third-order valence-corrected chi connectivity index (χ3v) is 2.00. The minimum atomic E-state index is -0.470. The highest BCUT2D eigenvalue weighted by Gasteiger charge is 2.03. The van der Waals surface area contributed by atoms with Gasteiger partial charge in [-0.15, -0.1) is 0 Å². The highest BCUT2D eigenvalue weighted by molar-refractivity contribution is 5.88. The van der Waals surface area contributed by atoms with E-state index in [9.17, 15) is 4.79 Å². The summed E-state index contributed by atoms with van der Waals surface area (Å²) < 4.78 is 0. The lowest BCUT2D eigenvalue weighted by molar-refractivity contribution is -0.210. The molecule has 0 saturated heterocycles. The molecule has 3 heteroatoms. The van der Waals surface area contributed by atoms with Crippen LogP contribution in [-0.2, 0) is 9.68 Å². The largest absolute Gasteiger partial charge is 0.352 e. The Hall–Kier alpha value is -2.03. The second-order valence-electron chi connectivity index (χ2n) is 3.14. The first kappa shape index (κ1) is 9.52. The van der Waals surface area contributed by atoms with E-state index >= 15 is 0 Å². The molecule has 0 fully saturated rings. The number of rotatable bonds is 2. The Labute approximate surface area is 87.2 Å². The van der Waals surface area contributed by atoms with E-state index < -0.39 is 5.97 Å². The Morgan fingerprint density at radius 2 is 1.80 bits per heavy atom. The SMILES string of the molecule is CC(=O)OOc1cccc2ccccc12. The second kappa shape index (κ2) is 4.00. The fourth-order valence-corrected chi connectivity index (χ4v) is 1.37. The highest BCUT2D eigenvalue weighted by atomic mass is 17.2. The van der Waals surface area contributed by atoms with Crippen LogP contribution in [0.2, 0.25) is 0 Å². The lowest BCUT2D eigenvalue weighted by atomic mass is 10.1. The van der Waals surface area contributed by atoms with Crippen molar-refractivity contribution in [3.05, 3.63) is 42.5 Å². The first-order chi connectivity index (χ1) is 7.27. The van der Waals surface area contributed by atoms with Crippen LogP contribution in [0.15, 0.2) is 42.5 Å². The van der Waals surface area contributed by atoms with E-state index in [1.807, 2.05) is 36.4 Å². The molecule has 0 amide bonds. The van der Waals surface area contributed by atoms with Gasteiger partial charge in [-0.3, -0.25) is 9.78 Å². The minimum absolute atomic E-state index is 0.470. The Bertz CT molecular complexity index is 486. The van der Waals surface area contributed by atoms with E-state index in [0.29, 0.717) is 5.75 Å². The number of fused-ring (bicyclic) bond motifs is 1. The molecule has 0 radical (unpaired) electrons. The summed E-state index contributed by atoms with van der Waals surface area (Å²) in [5, 5.41) is 1.96. The maximum atomic E-state index is 10.6. The van der Waals surface area contributed by atoms with Crippen molar-refractivity contribution < 1.29 is 14.6 Å². The number of hydrogen-bond donors (Lipinski definition) is 0.